The van der Waals surface area contributed by atoms with E-state index in [4.69, 9.17) is 5.73 Å². The van der Waals surface area contributed by atoms with Gasteiger partial charge in [-0.05, 0) is 31.4 Å². The minimum absolute atomic E-state index is 0.237. The van der Waals surface area contributed by atoms with Crippen molar-refractivity contribution in [2.24, 2.45) is 5.73 Å². The van der Waals surface area contributed by atoms with Crippen LogP contribution in [0.3, 0.4) is 0 Å². The Morgan fingerprint density at radius 1 is 1.39 bits per heavy atom. The van der Waals surface area contributed by atoms with Crippen molar-refractivity contribution in [1.29, 1.82) is 0 Å². The molecule has 2 rings (SSSR count). The summed E-state index contributed by atoms with van der Waals surface area (Å²) in [6.45, 7) is 0.237. The normalized spacial score (nSPS) is 17.1. The van der Waals surface area contributed by atoms with E-state index in [0.29, 0.717) is 0 Å². The van der Waals surface area contributed by atoms with Crippen LogP contribution in [0.4, 0.5) is 8.78 Å². The second kappa shape index (κ2) is 4.93. The van der Waals surface area contributed by atoms with Gasteiger partial charge in [-0.15, -0.1) is 0 Å². The highest BCUT2D eigenvalue weighted by Gasteiger charge is 2.33. The summed E-state index contributed by atoms with van der Waals surface area (Å²) >= 11 is 2.96. The van der Waals surface area contributed by atoms with Crippen LogP contribution in [0.2, 0.25) is 0 Å². The van der Waals surface area contributed by atoms with Gasteiger partial charge in [0.2, 0.25) is 0 Å². The van der Waals surface area contributed by atoms with Crippen LogP contribution < -0.4 is 11.1 Å². The predicted molar refractivity (Wildman–Crippen MR) is 67.2 cm³/mol. The standard InChI is InChI=1S/C12H13BrF2N2O/c13-7-4-8(14)10(9(15)5-7)11(18)17-6-12(16)2-1-3-12/h4-5H,1-3,6,16H2,(H,17,18). The molecule has 0 saturated heterocycles. The summed E-state index contributed by atoms with van der Waals surface area (Å²) in [5.41, 5.74) is 4.93. The molecule has 1 aliphatic carbocycles. The Kier molecular flexibility index (Phi) is 3.68. The van der Waals surface area contributed by atoms with Crippen LogP contribution in [0, 0.1) is 11.6 Å². The average Bonchev–Trinajstić information content (AvgIpc) is 2.22. The molecule has 1 saturated carbocycles. The Balaban J connectivity index is 2.09. The fraction of sp³-hybridized carbons (Fsp3) is 0.417. The van der Waals surface area contributed by atoms with Gasteiger partial charge >= 0.3 is 0 Å². The minimum Gasteiger partial charge on any atom is -0.350 e. The van der Waals surface area contributed by atoms with Crippen molar-refractivity contribution in [3.8, 4) is 0 Å². The molecule has 0 spiro atoms. The summed E-state index contributed by atoms with van der Waals surface area (Å²) in [6, 6.07) is 2.11. The third kappa shape index (κ3) is 2.70. The lowest BCUT2D eigenvalue weighted by molar-refractivity contribution is 0.0921. The molecule has 1 amide bonds. The Morgan fingerprint density at radius 2 is 1.94 bits per heavy atom. The number of hydrogen-bond acceptors (Lipinski definition) is 2. The fourth-order valence-electron chi connectivity index (χ4n) is 1.91. The minimum atomic E-state index is -0.890. The zero-order valence-corrected chi connectivity index (χ0v) is 11.2. The molecule has 0 heterocycles. The van der Waals surface area contributed by atoms with E-state index in [9.17, 15) is 13.6 Å². The lowest BCUT2D eigenvalue weighted by Crippen LogP contribution is -2.55. The third-order valence-corrected chi connectivity index (χ3v) is 3.64. The lowest BCUT2D eigenvalue weighted by atomic mass is 9.78. The van der Waals surface area contributed by atoms with Gasteiger partial charge < -0.3 is 11.1 Å². The molecule has 0 aromatic heterocycles. The van der Waals surface area contributed by atoms with Gasteiger partial charge in [0.05, 0.1) is 0 Å². The number of nitrogens with one attached hydrogen (secondary N) is 1. The molecular formula is C12H13BrF2N2O. The van der Waals surface area contributed by atoms with Crippen molar-refractivity contribution < 1.29 is 13.6 Å². The maximum atomic E-state index is 13.5. The van der Waals surface area contributed by atoms with Gasteiger partial charge in [-0.25, -0.2) is 8.78 Å². The monoisotopic (exact) mass is 318 g/mol. The molecule has 18 heavy (non-hydrogen) atoms. The highest BCUT2D eigenvalue weighted by Crippen LogP contribution is 2.28. The molecule has 1 aromatic rings. The van der Waals surface area contributed by atoms with E-state index in [-0.39, 0.29) is 11.0 Å². The van der Waals surface area contributed by atoms with E-state index in [2.05, 4.69) is 21.2 Å². The largest absolute Gasteiger partial charge is 0.350 e. The second-order valence-electron chi connectivity index (χ2n) is 4.64. The number of carbonyl (C=O) groups is 1. The zero-order chi connectivity index (χ0) is 13.3. The van der Waals surface area contributed by atoms with Crippen LogP contribution in [-0.2, 0) is 0 Å². The molecule has 3 nitrogen and oxygen atoms in total. The van der Waals surface area contributed by atoms with E-state index >= 15 is 0 Å². The third-order valence-electron chi connectivity index (χ3n) is 3.18. The topological polar surface area (TPSA) is 55.1 Å². The molecule has 3 N–H and O–H groups in total. The SMILES string of the molecule is NC1(CNC(=O)c2c(F)cc(Br)cc2F)CCC1. The highest BCUT2D eigenvalue weighted by molar-refractivity contribution is 9.10. The van der Waals surface area contributed by atoms with Gasteiger partial charge in [-0.2, -0.15) is 0 Å². The first-order valence-electron chi connectivity index (χ1n) is 5.63. The first-order chi connectivity index (χ1) is 8.41. The first kappa shape index (κ1) is 13.4. The van der Waals surface area contributed by atoms with E-state index in [1.165, 1.54) is 0 Å². The van der Waals surface area contributed by atoms with E-state index < -0.39 is 28.6 Å². The van der Waals surface area contributed by atoms with Crippen molar-refractivity contribution in [2.45, 2.75) is 24.8 Å². The predicted octanol–water partition coefficient (Wildman–Crippen LogP) is 2.34. The van der Waals surface area contributed by atoms with Crippen molar-refractivity contribution in [3.05, 3.63) is 33.8 Å². The van der Waals surface area contributed by atoms with Gasteiger partial charge in [0.25, 0.3) is 5.91 Å². The zero-order valence-electron chi connectivity index (χ0n) is 9.60. The second-order valence-corrected chi connectivity index (χ2v) is 5.56. The van der Waals surface area contributed by atoms with E-state index in [0.717, 1.165) is 31.4 Å². The van der Waals surface area contributed by atoms with E-state index in [1.54, 1.807) is 0 Å². The molecule has 0 aliphatic heterocycles. The summed E-state index contributed by atoms with van der Waals surface area (Å²) in [7, 11) is 0. The summed E-state index contributed by atoms with van der Waals surface area (Å²) in [5.74, 6) is -2.55. The number of nitrogens with two attached hydrogens (primary N) is 1. The van der Waals surface area contributed by atoms with Gasteiger partial charge in [-0.1, -0.05) is 15.9 Å². The van der Waals surface area contributed by atoms with Gasteiger partial charge in [0.15, 0.2) is 0 Å². The van der Waals surface area contributed by atoms with Gasteiger partial charge in [0.1, 0.15) is 17.2 Å². The quantitative estimate of drug-likeness (QED) is 0.898. The van der Waals surface area contributed by atoms with Crippen molar-refractivity contribution in [3.63, 3.8) is 0 Å². The summed E-state index contributed by atoms with van der Waals surface area (Å²) in [5, 5.41) is 2.48. The Hall–Kier alpha value is -1.01. The molecule has 1 fully saturated rings. The maximum absolute atomic E-state index is 13.5. The summed E-state index contributed by atoms with van der Waals surface area (Å²) in [6.07, 6.45) is 2.66. The van der Waals surface area contributed by atoms with Crippen LogP contribution in [-0.4, -0.2) is 18.0 Å². The number of halogens is 3. The smallest absolute Gasteiger partial charge is 0.257 e. The van der Waals surface area contributed by atoms with Crippen molar-refractivity contribution in [1.82, 2.24) is 5.32 Å². The Bertz CT molecular complexity index is 466. The Labute approximate surface area is 112 Å². The van der Waals surface area contributed by atoms with Crippen LogP contribution in [0.1, 0.15) is 29.6 Å². The van der Waals surface area contributed by atoms with Crippen LogP contribution in [0.5, 0.6) is 0 Å². The number of hydrogen-bond donors (Lipinski definition) is 2. The van der Waals surface area contributed by atoms with Crippen LogP contribution in [0.15, 0.2) is 16.6 Å². The number of rotatable bonds is 3. The van der Waals surface area contributed by atoms with Gasteiger partial charge in [-0.3, -0.25) is 4.79 Å². The molecule has 1 aromatic carbocycles. The first-order valence-corrected chi connectivity index (χ1v) is 6.42. The van der Waals surface area contributed by atoms with Crippen LogP contribution in [0.25, 0.3) is 0 Å². The van der Waals surface area contributed by atoms with Crippen molar-refractivity contribution in [2.75, 3.05) is 6.54 Å². The molecule has 0 radical (unpaired) electrons. The molecule has 0 bridgehead atoms. The molecule has 0 atom stereocenters. The average molecular weight is 319 g/mol. The molecule has 6 heteroatoms. The maximum Gasteiger partial charge on any atom is 0.257 e. The molecule has 1 aliphatic rings. The fourth-order valence-corrected chi connectivity index (χ4v) is 2.31. The molecule has 0 unspecified atom stereocenters. The van der Waals surface area contributed by atoms with Gasteiger partial charge in [0, 0.05) is 16.6 Å². The number of carbonyl (C=O) groups excluding carboxylic acids is 1. The van der Waals surface area contributed by atoms with Crippen molar-refractivity contribution >= 4 is 21.8 Å². The highest BCUT2D eigenvalue weighted by atomic mass is 79.9. The van der Waals surface area contributed by atoms with Crippen LogP contribution >= 0.6 is 15.9 Å². The lowest BCUT2D eigenvalue weighted by Gasteiger charge is -2.38. The Morgan fingerprint density at radius 3 is 2.39 bits per heavy atom. The number of amides is 1. The molecular weight excluding hydrogens is 306 g/mol. The summed E-state index contributed by atoms with van der Waals surface area (Å²) < 4.78 is 27.3. The van der Waals surface area contributed by atoms with E-state index in [1.807, 2.05) is 0 Å². The molecule has 98 valence electrons. The summed E-state index contributed by atoms with van der Waals surface area (Å²) in [4.78, 5) is 11.7. The number of benzene rings is 1.